The lowest BCUT2D eigenvalue weighted by atomic mass is 10.0. The smallest absolute Gasteiger partial charge is 0.0540 e. The first-order valence-corrected chi connectivity index (χ1v) is 16.5. The number of benzene rings is 8. The summed E-state index contributed by atoms with van der Waals surface area (Å²) in [6, 6.07) is 65.5. The molecular weight excluding hydrogens is 581 g/mol. The van der Waals surface area contributed by atoms with E-state index in [0.717, 1.165) is 22.7 Å². The van der Waals surface area contributed by atoms with Gasteiger partial charge >= 0.3 is 0 Å². The molecule has 0 spiro atoms. The molecule has 0 atom stereocenters. The summed E-state index contributed by atoms with van der Waals surface area (Å²) < 4.78 is 0. The summed E-state index contributed by atoms with van der Waals surface area (Å²) in [6.45, 7) is 4.33. The Labute approximate surface area is 282 Å². The number of nitrogens with zero attached hydrogens (tertiary/aromatic N) is 2. The minimum absolute atomic E-state index is 1.12. The number of rotatable bonds is 7. The second-order valence-electron chi connectivity index (χ2n) is 12.4. The van der Waals surface area contributed by atoms with Crippen LogP contribution < -0.4 is 9.80 Å². The van der Waals surface area contributed by atoms with E-state index >= 15 is 0 Å². The molecule has 0 saturated carbocycles. The van der Waals surface area contributed by atoms with Crippen molar-refractivity contribution < 1.29 is 0 Å². The fourth-order valence-corrected chi connectivity index (χ4v) is 6.82. The summed E-state index contributed by atoms with van der Waals surface area (Å²) in [6.07, 6.45) is 0. The maximum Gasteiger partial charge on any atom is 0.0540 e. The molecule has 0 heterocycles. The number of anilines is 6. The van der Waals surface area contributed by atoms with E-state index in [2.05, 4.69) is 206 Å². The van der Waals surface area contributed by atoms with E-state index in [1.165, 1.54) is 55.2 Å². The average molecular weight is 617 g/mol. The normalized spacial score (nSPS) is 11.1. The third-order valence-electron chi connectivity index (χ3n) is 9.23. The number of fused-ring (bicyclic) bond motifs is 2. The Bertz CT molecular complexity index is 2340. The first-order valence-electron chi connectivity index (χ1n) is 16.5. The molecule has 48 heavy (non-hydrogen) atoms. The van der Waals surface area contributed by atoms with E-state index in [9.17, 15) is 0 Å². The lowest BCUT2D eigenvalue weighted by Gasteiger charge is -2.27. The summed E-state index contributed by atoms with van der Waals surface area (Å²) in [5.41, 5.74) is 11.7. The van der Waals surface area contributed by atoms with Crippen molar-refractivity contribution in [3.05, 3.63) is 193 Å². The molecule has 8 aromatic rings. The van der Waals surface area contributed by atoms with Crippen molar-refractivity contribution in [3.8, 4) is 11.1 Å². The van der Waals surface area contributed by atoms with Crippen LogP contribution in [0, 0.1) is 13.8 Å². The van der Waals surface area contributed by atoms with Crippen LogP contribution in [0.4, 0.5) is 34.1 Å². The molecule has 0 unspecified atom stereocenters. The van der Waals surface area contributed by atoms with E-state index in [1.807, 2.05) is 0 Å². The van der Waals surface area contributed by atoms with Gasteiger partial charge in [-0.25, -0.2) is 0 Å². The molecule has 230 valence electrons. The first kappa shape index (κ1) is 29.3. The van der Waals surface area contributed by atoms with Gasteiger partial charge in [-0.05, 0) is 102 Å². The fraction of sp³-hybridized carbons (Fsp3) is 0.0435. The summed E-state index contributed by atoms with van der Waals surface area (Å²) in [4.78, 5) is 4.71. The molecule has 0 aromatic heterocycles. The molecule has 8 rings (SSSR count). The minimum Gasteiger partial charge on any atom is -0.310 e. The third-order valence-corrected chi connectivity index (χ3v) is 9.23. The van der Waals surface area contributed by atoms with Gasteiger partial charge in [-0.2, -0.15) is 0 Å². The van der Waals surface area contributed by atoms with E-state index in [4.69, 9.17) is 0 Å². The monoisotopic (exact) mass is 616 g/mol. The van der Waals surface area contributed by atoms with Crippen LogP contribution in [0.25, 0.3) is 32.7 Å². The zero-order valence-electron chi connectivity index (χ0n) is 27.2. The van der Waals surface area contributed by atoms with Gasteiger partial charge in [-0.1, -0.05) is 127 Å². The van der Waals surface area contributed by atoms with E-state index in [0.29, 0.717) is 0 Å². The second kappa shape index (κ2) is 12.6. The highest BCUT2D eigenvalue weighted by Crippen LogP contribution is 2.42. The summed E-state index contributed by atoms with van der Waals surface area (Å²) in [7, 11) is 0. The standard InChI is InChI=1S/C46H36N2/c1-33-20-30-43-37(32-33)12-11-19-45(43)47(38-13-5-3-6-14-38)40-26-22-35(23-27-40)36-24-28-41(29-25-36)48(39-15-7-4-8-16-39)46-31-21-34(2)42-17-9-10-18-44(42)46/h3-32H,1-2H3. The Balaban J connectivity index is 1.16. The quantitative estimate of drug-likeness (QED) is 0.176. The van der Waals surface area contributed by atoms with Crippen LogP contribution >= 0.6 is 0 Å². The van der Waals surface area contributed by atoms with Crippen LogP contribution in [0.5, 0.6) is 0 Å². The van der Waals surface area contributed by atoms with E-state index < -0.39 is 0 Å². The van der Waals surface area contributed by atoms with Crippen LogP contribution in [-0.4, -0.2) is 0 Å². The van der Waals surface area contributed by atoms with Crippen LogP contribution in [0.3, 0.4) is 0 Å². The molecule has 0 amide bonds. The van der Waals surface area contributed by atoms with Crippen molar-refractivity contribution in [1.29, 1.82) is 0 Å². The highest BCUT2D eigenvalue weighted by Gasteiger charge is 2.17. The molecule has 2 nitrogen and oxygen atoms in total. The molecular formula is C46H36N2. The molecule has 0 aliphatic rings. The third kappa shape index (κ3) is 5.48. The maximum absolute atomic E-state index is 2.36. The molecule has 0 bridgehead atoms. The first-order chi connectivity index (χ1) is 23.6. The number of hydrogen-bond donors (Lipinski definition) is 0. The summed E-state index contributed by atoms with van der Waals surface area (Å²) in [5, 5.41) is 4.99. The Kier molecular flexibility index (Phi) is 7.68. The SMILES string of the molecule is Cc1ccc2c(N(c3ccccc3)c3ccc(-c4ccc(N(c5ccccc5)c5ccc(C)c6ccccc56)cc4)cc3)cccc2c1. The molecule has 0 fully saturated rings. The molecule has 8 aromatic carbocycles. The van der Waals surface area contributed by atoms with Crippen LogP contribution in [0.1, 0.15) is 11.1 Å². The van der Waals surface area contributed by atoms with E-state index in [-0.39, 0.29) is 0 Å². The number of aryl methyl sites for hydroxylation is 2. The van der Waals surface area contributed by atoms with Crippen LogP contribution in [-0.2, 0) is 0 Å². The lowest BCUT2D eigenvalue weighted by Crippen LogP contribution is -2.10. The van der Waals surface area contributed by atoms with Crippen LogP contribution in [0.2, 0.25) is 0 Å². The van der Waals surface area contributed by atoms with Crippen molar-refractivity contribution in [3.63, 3.8) is 0 Å². The van der Waals surface area contributed by atoms with Gasteiger partial charge < -0.3 is 9.80 Å². The Morgan fingerprint density at radius 1 is 0.333 bits per heavy atom. The Morgan fingerprint density at radius 3 is 1.42 bits per heavy atom. The molecule has 2 heteroatoms. The predicted molar refractivity (Wildman–Crippen MR) is 206 cm³/mol. The molecule has 0 aliphatic carbocycles. The van der Waals surface area contributed by atoms with Crippen molar-refractivity contribution in [2.45, 2.75) is 13.8 Å². The summed E-state index contributed by atoms with van der Waals surface area (Å²) in [5.74, 6) is 0. The predicted octanol–water partition coefficient (Wildman–Crippen LogP) is 13.2. The Morgan fingerprint density at radius 2 is 0.833 bits per heavy atom. The molecule has 0 saturated heterocycles. The van der Waals surface area contributed by atoms with Gasteiger partial charge in [0.1, 0.15) is 0 Å². The van der Waals surface area contributed by atoms with Gasteiger partial charge in [0, 0.05) is 33.5 Å². The lowest BCUT2D eigenvalue weighted by molar-refractivity contribution is 1.29. The van der Waals surface area contributed by atoms with E-state index in [1.54, 1.807) is 0 Å². The van der Waals surface area contributed by atoms with Gasteiger partial charge in [0.05, 0.1) is 11.4 Å². The Hall–Kier alpha value is -6.12. The van der Waals surface area contributed by atoms with Gasteiger partial charge in [0.15, 0.2) is 0 Å². The highest BCUT2D eigenvalue weighted by atomic mass is 15.1. The van der Waals surface area contributed by atoms with Crippen LogP contribution in [0.15, 0.2) is 182 Å². The topological polar surface area (TPSA) is 6.48 Å². The van der Waals surface area contributed by atoms with Crippen molar-refractivity contribution in [2.75, 3.05) is 9.80 Å². The van der Waals surface area contributed by atoms with Crippen molar-refractivity contribution in [2.24, 2.45) is 0 Å². The van der Waals surface area contributed by atoms with Gasteiger partial charge in [0.25, 0.3) is 0 Å². The maximum atomic E-state index is 2.36. The fourth-order valence-electron chi connectivity index (χ4n) is 6.82. The zero-order valence-corrected chi connectivity index (χ0v) is 27.2. The summed E-state index contributed by atoms with van der Waals surface area (Å²) >= 11 is 0. The van der Waals surface area contributed by atoms with Gasteiger partial charge in [-0.15, -0.1) is 0 Å². The van der Waals surface area contributed by atoms with Crippen molar-refractivity contribution >= 4 is 55.7 Å². The molecule has 0 N–H and O–H groups in total. The second-order valence-corrected chi connectivity index (χ2v) is 12.4. The minimum atomic E-state index is 1.12. The number of hydrogen-bond acceptors (Lipinski definition) is 2. The zero-order chi connectivity index (χ0) is 32.5. The average Bonchev–Trinajstić information content (AvgIpc) is 3.14. The largest absolute Gasteiger partial charge is 0.310 e. The van der Waals surface area contributed by atoms with Crippen molar-refractivity contribution in [1.82, 2.24) is 0 Å². The molecule has 0 radical (unpaired) electrons. The van der Waals surface area contributed by atoms with Gasteiger partial charge in [-0.3, -0.25) is 0 Å². The highest BCUT2D eigenvalue weighted by molar-refractivity contribution is 6.01. The van der Waals surface area contributed by atoms with Gasteiger partial charge in [0.2, 0.25) is 0 Å². The number of para-hydroxylation sites is 2. The molecule has 0 aliphatic heterocycles.